The van der Waals surface area contributed by atoms with Crippen LogP contribution in [-0.4, -0.2) is 48.6 Å². The monoisotopic (exact) mass is 281 g/mol. The highest BCUT2D eigenvalue weighted by atomic mass is 16.5. The van der Waals surface area contributed by atoms with Crippen molar-refractivity contribution >= 4 is 5.91 Å². The SMILES string of the molecule is COc1ccc(C(=O)NC2(CO)CCOCC2)cc1O. The molecular weight excluding hydrogens is 262 g/mol. The summed E-state index contributed by atoms with van der Waals surface area (Å²) in [6.07, 6.45) is 1.13. The van der Waals surface area contributed by atoms with Crippen molar-refractivity contribution in [2.45, 2.75) is 18.4 Å². The Kier molecular flexibility index (Phi) is 4.46. The van der Waals surface area contributed by atoms with Gasteiger partial charge < -0.3 is 25.0 Å². The standard InChI is InChI=1S/C14H19NO5/c1-19-12-3-2-10(8-11(12)17)13(18)15-14(9-16)4-6-20-7-5-14/h2-3,8,16-17H,4-7,9H2,1H3,(H,15,18). The third kappa shape index (κ3) is 3.02. The topological polar surface area (TPSA) is 88.0 Å². The Labute approximate surface area is 117 Å². The van der Waals surface area contributed by atoms with Crippen molar-refractivity contribution < 1.29 is 24.5 Å². The number of aliphatic hydroxyl groups is 1. The Balaban J connectivity index is 2.12. The molecule has 0 spiro atoms. The van der Waals surface area contributed by atoms with Crippen LogP contribution in [0.1, 0.15) is 23.2 Å². The van der Waals surface area contributed by atoms with Crippen LogP contribution in [-0.2, 0) is 4.74 Å². The second-order valence-corrected chi connectivity index (χ2v) is 4.89. The first-order chi connectivity index (χ1) is 9.60. The molecule has 1 aromatic rings. The fraction of sp³-hybridized carbons (Fsp3) is 0.500. The van der Waals surface area contributed by atoms with Gasteiger partial charge in [0.2, 0.25) is 0 Å². The van der Waals surface area contributed by atoms with E-state index in [0.717, 1.165) is 0 Å². The fourth-order valence-electron chi connectivity index (χ4n) is 2.23. The maximum atomic E-state index is 12.2. The zero-order valence-electron chi connectivity index (χ0n) is 11.4. The van der Waals surface area contributed by atoms with Crippen LogP contribution >= 0.6 is 0 Å². The van der Waals surface area contributed by atoms with Crippen LogP contribution < -0.4 is 10.1 Å². The molecule has 6 heteroatoms. The highest BCUT2D eigenvalue weighted by Gasteiger charge is 2.33. The number of phenols is 1. The molecule has 0 saturated carbocycles. The normalized spacial score (nSPS) is 17.5. The van der Waals surface area contributed by atoms with Gasteiger partial charge in [0.05, 0.1) is 19.3 Å². The number of ether oxygens (including phenoxy) is 2. The van der Waals surface area contributed by atoms with E-state index >= 15 is 0 Å². The van der Waals surface area contributed by atoms with E-state index in [1.54, 1.807) is 6.07 Å². The molecule has 20 heavy (non-hydrogen) atoms. The summed E-state index contributed by atoms with van der Waals surface area (Å²) in [5, 5.41) is 22.1. The smallest absolute Gasteiger partial charge is 0.251 e. The lowest BCUT2D eigenvalue weighted by Gasteiger charge is -2.36. The third-order valence-corrected chi connectivity index (χ3v) is 3.57. The van der Waals surface area contributed by atoms with E-state index in [1.807, 2.05) is 0 Å². The zero-order chi connectivity index (χ0) is 14.6. The minimum atomic E-state index is -0.648. The Morgan fingerprint density at radius 2 is 2.15 bits per heavy atom. The first kappa shape index (κ1) is 14.6. The van der Waals surface area contributed by atoms with E-state index in [1.165, 1.54) is 19.2 Å². The molecular formula is C14H19NO5. The Morgan fingerprint density at radius 3 is 2.70 bits per heavy atom. The number of benzene rings is 1. The van der Waals surface area contributed by atoms with Crippen LogP contribution in [0, 0.1) is 0 Å². The van der Waals surface area contributed by atoms with Crippen LogP contribution in [0.4, 0.5) is 0 Å². The van der Waals surface area contributed by atoms with Gasteiger partial charge in [-0.3, -0.25) is 4.79 Å². The lowest BCUT2D eigenvalue weighted by molar-refractivity contribution is 0.0125. The molecule has 1 saturated heterocycles. The molecule has 1 aliphatic heterocycles. The van der Waals surface area contributed by atoms with E-state index in [4.69, 9.17) is 9.47 Å². The quantitative estimate of drug-likeness (QED) is 0.755. The van der Waals surface area contributed by atoms with Gasteiger partial charge in [-0.15, -0.1) is 0 Å². The largest absolute Gasteiger partial charge is 0.504 e. The van der Waals surface area contributed by atoms with Crippen LogP contribution in [0.3, 0.4) is 0 Å². The average Bonchev–Trinajstić information content (AvgIpc) is 2.48. The average molecular weight is 281 g/mol. The lowest BCUT2D eigenvalue weighted by Crippen LogP contribution is -2.54. The molecule has 2 rings (SSSR count). The molecule has 1 aliphatic rings. The first-order valence-electron chi connectivity index (χ1n) is 6.48. The summed E-state index contributed by atoms with van der Waals surface area (Å²) in [6.45, 7) is 0.883. The number of aliphatic hydroxyl groups excluding tert-OH is 1. The second kappa shape index (κ2) is 6.11. The second-order valence-electron chi connectivity index (χ2n) is 4.89. The summed E-state index contributed by atoms with van der Waals surface area (Å²) < 4.78 is 10.2. The number of hydrogen-bond acceptors (Lipinski definition) is 5. The van der Waals surface area contributed by atoms with Gasteiger partial charge in [-0.2, -0.15) is 0 Å². The van der Waals surface area contributed by atoms with Crippen LogP contribution in [0.25, 0.3) is 0 Å². The van der Waals surface area contributed by atoms with Gasteiger partial charge in [-0.25, -0.2) is 0 Å². The van der Waals surface area contributed by atoms with Crippen molar-refractivity contribution in [1.82, 2.24) is 5.32 Å². The molecule has 1 fully saturated rings. The number of rotatable bonds is 4. The molecule has 1 aromatic carbocycles. The van der Waals surface area contributed by atoms with Crippen molar-refractivity contribution in [3.63, 3.8) is 0 Å². The molecule has 1 heterocycles. The van der Waals surface area contributed by atoms with E-state index in [2.05, 4.69) is 5.32 Å². The van der Waals surface area contributed by atoms with Gasteiger partial charge in [-0.05, 0) is 31.0 Å². The van der Waals surface area contributed by atoms with Crippen molar-refractivity contribution in [2.75, 3.05) is 26.9 Å². The third-order valence-electron chi connectivity index (χ3n) is 3.57. The maximum Gasteiger partial charge on any atom is 0.251 e. The highest BCUT2D eigenvalue weighted by Crippen LogP contribution is 2.27. The van der Waals surface area contributed by atoms with Crippen molar-refractivity contribution in [3.05, 3.63) is 23.8 Å². The van der Waals surface area contributed by atoms with Gasteiger partial charge in [0, 0.05) is 18.8 Å². The number of carbonyl (C=O) groups is 1. The maximum absolute atomic E-state index is 12.2. The van der Waals surface area contributed by atoms with Gasteiger partial charge >= 0.3 is 0 Å². The van der Waals surface area contributed by atoms with Crippen LogP contribution in [0.2, 0.25) is 0 Å². The van der Waals surface area contributed by atoms with Crippen molar-refractivity contribution in [1.29, 1.82) is 0 Å². The summed E-state index contributed by atoms with van der Waals surface area (Å²) >= 11 is 0. The van der Waals surface area contributed by atoms with Crippen molar-refractivity contribution in [3.8, 4) is 11.5 Å². The number of hydrogen-bond donors (Lipinski definition) is 3. The summed E-state index contributed by atoms with van der Waals surface area (Å²) in [5.41, 5.74) is -0.326. The minimum absolute atomic E-state index is 0.0924. The first-order valence-corrected chi connectivity index (χ1v) is 6.48. The van der Waals surface area contributed by atoms with E-state index in [9.17, 15) is 15.0 Å². The minimum Gasteiger partial charge on any atom is -0.504 e. The number of phenolic OH excluding ortho intramolecular Hbond substituents is 1. The predicted molar refractivity (Wildman–Crippen MR) is 72.0 cm³/mol. The summed E-state index contributed by atoms with van der Waals surface area (Å²) in [7, 11) is 1.44. The molecule has 0 aliphatic carbocycles. The summed E-state index contributed by atoms with van der Waals surface area (Å²) in [5.74, 6) is -0.117. The van der Waals surface area contributed by atoms with Crippen molar-refractivity contribution in [2.24, 2.45) is 0 Å². The van der Waals surface area contributed by atoms with Gasteiger partial charge in [0.25, 0.3) is 5.91 Å². The molecule has 0 bridgehead atoms. The summed E-state index contributed by atoms with van der Waals surface area (Å²) in [6, 6.07) is 4.44. The van der Waals surface area contributed by atoms with Crippen LogP contribution in [0.15, 0.2) is 18.2 Å². The Hall–Kier alpha value is -1.79. The van der Waals surface area contributed by atoms with E-state index in [-0.39, 0.29) is 18.3 Å². The molecule has 3 N–H and O–H groups in total. The number of nitrogens with one attached hydrogen (secondary N) is 1. The zero-order valence-corrected chi connectivity index (χ0v) is 11.4. The Morgan fingerprint density at radius 1 is 1.45 bits per heavy atom. The fourth-order valence-corrected chi connectivity index (χ4v) is 2.23. The van der Waals surface area contributed by atoms with Gasteiger partial charge in [-0.1, -0.05) is 0 Å². The molecule has 1 amide bonds. The van der Waals surface area contributed by atoms with Gasteiger partial charge in [0.15, 0.2) is 11.5 Å². The number of methoxy groups -OCH3 is 1. The molecule has 0 radical (unpaired) electrons. The number of carbonyl (C=O) groups excluding carboxylic acids is 1. The number of aromatic hydroxyl groups is 1. The highest BCUT2D eigenvalue weighted by molar-refractivity contribution is 5.95. The summed E-state index contributed by atoms with van der Waals surface area (Å²) in [4.78, 5) is 12.2. The Bertz CT molecular complexity index is 482. The predicted octanol–water partition coefficient (Wildman–Crippen LogP) is 0.672. The number of amides is 1. The van der Waals surface area contributed by atoms with E-state index in [0.29, 0.717) is 37.4 Å². The molecule has 0 aromatic heterocycles. The molecule has 110 valence electrons. The lowest BCUT2D eigenvalue weighted by atomic mass is 9.90. The van der Waals surface area contributed by atoms with E-state index < -0.39 is 5.54 Å². The van der Waals surface area contributed by atoms with Crippen LogP contribution in [0.5, 0.6) is 11.5 Å². The molecule has 0 unspecified atom stereocenters. The molecule has 0 atom stereocenters. The van der Waals surface area contributed by atoms with Gasteiger partial charge in [0.1, 0.15) is 0 Å². The molecule has 6 nitrogen and oxygen atoms in total.